The van der Waals surface area contributed by atoms with Gasteiger partial charge in [0.2, 0.25) is 0 Å². The van der Waals surface area contributed by atoms with Crippen molar-refractivity contribution in [3.8, 4) is 0 Å². The topological polar surface area (TPSA) is 54.2 Å². The minimum atomic E-state index is -2.05. The monoisotopic (exact) mass is 352 g/mol. The second-order valence-electron chi connectivity index (χ2n) is 6.02. The second-order valence-corrected chi connectivity index (χ2v) is 6.02. The maximum absolute atomic E-state index is 14.6. The van der Waals surface area contributed by atoms with Gasteiger partial charge in [-0.3, -0.25) is 4.90 Å². The van der Waals surface area contributed by atoms with Crippen LogP contribution in [-0.4, -0.2) is 44.1 Å². The molecule has 3 rings (SSSR count). The van der Waals surface area contributed by atoms with Gasteiger partial charge < -0.3 is 5.11 Å². The first-order valence-electron chi connectivity index (χ1n) is 9.83. The van der Waals surface area contributed by atoms with Crippen molar-refractivity contribution in [2.45, 2.75) is 37.9 Å². The summed E-state index contributed by atoms with van der Waals surface area (Å²) in [6.07, 6.45) is -1.34. The first-order chi connectivity index (χ1) is 13.4. The van der Waals surface area contributed by atoms with Crippen molar-refractivity contribution in [3.05, 3.63) is 59.9 Å². The highest BCUT2D eigenvalue weighted by atomic mass is 19.1. The Bertz CT molecular complexity index is 889. The molecule has 7 heteroatoms. The maximum atomic E-state index is 14.6. The molecule has 1 fully saturated rings. The van der Waals surface area contributed by atoms with E-state index >= 15 is 0 Å². The summed E-state index contributed by atoms with van der Waals surface area (Å²) in [5.41, 5.74) is -2.39. The number of benzene rings is 1. The Hall–Kier alpha value is -2.12. The molecule has 0 amide bonds. The molecule has 134 valence electrons. The Morgan fingerprint density at radius 2 is 1.96 bits per heavy atom. The van der Waals surface area contributed by atoms with Gasteiger partial charge >= 0.3 is 0 Å². The van der Waals surface area contributed by atoms with E-state index in [4.69, 9.17) is 5.48 Å². The largest absolute Gasteiger partial charge is 0.381 e. The smallest absolute Gasteiger partial charge is 0.132 e. The van der Waals surface area contributed by atoms with Crippen molar-refractivity contribution in [3.63, 3.8) is 0 Å². The lowest BCUT2D eigenvalue weighted by Crippen LogP contribution is -2.53. The molecule has 0 aliphatic carbocycles. The molecule has 1 aliphatic rings. The molecule has 1 saturated heterocycles. The van der Waals surface area contributed by atoms with Crippen molar-refractivity contribution in [2.24, 2.45) is 0 Å². The highest BCUT2D eigenvalue weighted by molar-refractivity contribution is 5.27. The molecule has 0 spiro atoms. The third-order valence-electron chi connectivity index (χ3n) is 4.48. The van der Waals surface area contributed by atoms with Crippen LogP contribution in [0.2, 0.25) is 0 Å². The Morgan fingerprint density at radius 3 is 2.56 bits per heavy atom. The van der Waals surface area contributed by atoms with E-state index in [9.17, 15) is 13.9 Å². The summed E-state index contributed by atoms with van der Waals surface area (Å²) in [4.78, 5) is 2.55. The van der Waals surface area contributed by atoms with Crippen molar-refractivity contribution in [1.29, 1.82) is 0 Å². The van der Waals surface area contributed by atoms with E-state index in [2.05, 4.69) is 16.8 Å². The first kappa shape index (κ1) is 13.1. The van der Waals surface area contributed by atoms with Crippen molar-refractivity contribution in [2.75, 3.05) is 13.1 Å². The van der Waals surface area contributed by atoms with Crippen LogP contribution in [0.25, 0.3) is 0 Å². The molecule has 0 bridgehead atoms. The van der Waals surface area contributed by atoms with Gasteiger partial charge in [-0.25, -0.2) is 8.78 Å². The van der Waals surface area contributed by atoms with Gasteiger partial charge in [-0.1, -0.05) is 18.2 Å². The van der Waals surface area contributed by atoms with Gasteiger partial charge in [0.15, 0.2) is 0 Å². The predicted molar refractivity (Wildman–Crippen MR) is 89.7 cm³/mol. The molecular weight excluding hydrogens is 326 g/mol. The summed E-state index contributed by atoms with van der Waals surface area (Å²) in [6.45, 7) is 4.30. The summed E-state index contributed by atoms with van der Waals surface area (Å²) in [7, 11) is 0. The van der Waals surface area contributed by atoms with Gasteiger partial charge in [0.25, 0.3) is 0 Å². The van der Waals surface area contributed by atoms with Gasteiger partial charge in [-0.2, -0.15) is 15.0 Å². The number of aromatic nitrogens is 3. The third kappa shape index (κ3) is 3.62. The van der Waals surface area contributed by atoms with E-state index in [-0.39, 0.29) is 30.8 Å². The average molecular weight is 352 g/mol. The van der Waals surface area contributed by atoms with Crippen molar-refractivity contribution in [1.82, 2.24) is 19.9 Å². The zero-order valence-corrected chi connectivity index (χ0v) is 13.8. The predicted octanol–water partition coefficient (Wildman–Crippen LogP) is 2.48. The second kappa shape index (κ2) is 7.01. The fourth-order valence-electron chi connectivity index (χ4n) is 2.91. The van der Waals surface area contributed by atoms with Crippen LogP contribution in [0.5, 0.6) is 0 Å². The van der Waals surface area contributed by atoms with Crippen LogP contribution < -0.4 is 0 Å². The molecule has 0 unspecified atom stereocenters. The minimum Gasteiger partial charge on any atom is -0.381 e. The van der Waals surface area contributed by atoms with E-state index in [1.54, 1.807) is 0 Å². The summed E-state index contributed by atoms with van der Waals surface area (Å²) < 4.78 is 60.6. The standard InChI is InChI=1S/C18H22F2N4O/c1-13-5-9-23(10-6-13)14(2)18(25,12-24-21-7-8-22-24)16-4-3-15(19)11-17(16)20/h3-4,7-8,11,14,25H,1,5-6,9-10,12H2,2H3/t14-,18-/m1/s1/i5D2,6D2. The van der Waals surface area contributed by atoms with Crippen LogP contribution >= 0.6 is 0 Å². The number of rotatable bonds is 5. The summed E-state index contributed by atoms with van der Waals surface area (Å²) in [5, 5.41) is 19.5. The van der Waals surface area contributed by atoms with Gasteiger partial charge in [-0.05, 0) is 25.7 Å². The number of aliphatic hydroxyl groups is 1. The normalized spacial score (nSPS) is 26.0. The molecule has 25 heavy (non-hydrogen) atoms. The molecule has 1 N–H and O–H groups in total. The Kier molecular flexibility index (Phi) is 3.68. The lowest BCUT2D eigenvalue weighted by Gasteiger charge is -2.43. The molecule has 1 aromatic carbocycles. The first-order valence-corrected chi connectivity index (χ1v) is 7.83. The quantitative estimate of drug-likeness (QED) is 0.840. The lowest BCUT2D eigenvalue weighted by atomic mass is 9.84. The van der Waals surface area contributed by atoms with E-state index in [0.717, 1.165) is 16.9 Å². The summed E-state index contributed by atoms with van der Waals surface area (Å²) in [6, 6.07) is 1.83. The highest BCUT2D eigenvalue weighted by Crippen LogP contribution is 2.34. The molecule has 5 nitrogen and oxygen atoms in total. The number of hydrogen-bond donors (Lipinski definition) is 1. The van der Waals surface area contributed by atoms with Gasteiger partial charge in [0.05, 0.1) is 18.9 Å². The van der Waals surface area contributed by atoms with Crippen LogP contribution in [0.15, 0.2) is 42.7 Å². The van der Waals surface area contributed by atoms with E-state index in [1.165, 1.54) is 24.2 Å². The zero-order valence-electron chi connectivity index (χ0n) is 17.8. The number of nitrogens with zero attached hydrogens (tertiary/aromatic N) is 4. The van der Waals surface area contributed by atoms with Crippen molar-refractivity contribution < 1.29 is 19.4 Å². The lowest BCUT2D eigenvalue weighted by molar-refractivity contribution is -0.0681. The number of likely N-dealkylation sites (tertiary alicyclic amines) is 1. The molecule has 2 heterocycles. The van der Waals surface area contributed by atoms with Gasteiger partial charge in [0, 0.05) is 36.2 Å². The van der Waals surface area contributed by atoms with E-state index in [1.807, 2.05) is 0 Å². The third-order valence-corrected chi connectivity index (χ3v) is 4.48. The zero-order chi connectivity index (χ0) is 21.6. The molecule has 0 saturated carbocycles. The maximum Gasteiger partial charge on any atom is 0.132 e. The fraction of sp³-hybridized carbons (Fsp3) is 0.444. The Labute approximate surface area is 151 Å². The molecule has 0 radical (unpaired) electrons. The van der Waals surface area contributed by atoms with Crippen LogP contribution in [0.3, 0.4) is 0 Å². The van der Waals surface area contributed by atoms with Crippen LogP contribution in [-0.2, 0) is 12.1 Å². The Balaban J connectivity index is 2.05. The van der Waals surface area contributed by atoms with Crippen molar-refractivity contribution >= 4 is 0 Å². The minimum absolute atomic E-state index is 0.182. The highest BCUT2D eigenvalue weighted by Gasteiger charge is 2.42. The van der Waals surface area contributed by atoms with Crippen LogP contribution in [0.4, 0.5) is 8.78 Å². The van der Waals surface area contributed by atoms with Crippen LogP contribution in [0.1, 0.15) is 30.7 Å². The number of piperidine rings is 1. The fourth-order valence-corrected chi connectivity index (χ4v) is 2.91. The van der Waals surface area contributed by atoms with E-state index in [0.29, 0.717) is 6.07 Å². The SMILES string of the molecule is [2H]C1([2H])CN([C@H](C)[C@](O)(Cn2nccn2)c2ccc(F)cc2F)CC([2H])([2H])C1=C. The van der Waals surface area contributed by atoms with Crippen LogP contribution in [0, 0.1) is 11.6 Å². The van der Waals surface area contributed by atoms with Gasteiger partial charge in [-0.15, -0.1) is 0 Å². The summed E-state index contributed by atoms with van der Waals surface area (Å²) >= 11 is 0. The molecule has 2 atom stereocenters. The molecular formula is C18H22F2N4O. The summed E-state index contributed by atoms with van der Waals surface area (Å²) in [5.74, 6) is -1.78. The molecule has 2 aromatic rings. The van der Waals surface area contributed by atoms with Gasteiger partial charge in [0.1, 0.15) is 17.2 Å². The average Bonchev–Trinajstić information content (AvgIpc) is 3.10. The Morgan fingerprint density at radius 1 is 1.32 bits per heavy atom. The molecule has 1 aliphatic heterocycles. The van der Waals surface area contributed by atoms with E-state index < -0.39 is 36.0 Å². The number of halogens is 2. The molecule has 1 aromatic heterocycles. The number of hydrogen-bond acceptors (Lipinski definition) is 4.